The molecule has 0 aliphatic carbocycles. The molecular formula is C16H21N3O. The van der Waals surface area contributed by atoms with E-state index in [9.17, 15) is 4.79 Å². The molecular weight excluding hydrogens is 250 g/mol. The van der Waals surface area contributed by atoms with Gasteiger partial charge in [0.05, 0.1) is 5.69 Å². The minimum absolute atomic E-state index is 0.131. The summed E-state index contributed by atoms with van der Waals surface area (Å²) in [6, 6.07) is 11.8. The van der Waals surface area contributed by atoms with E-state index < -0.39 is 0 Å². The van der Waals surface area contributed by atoms with Crippen molar-refractivity contribution in [2.45, 2.75) is 40.3 Å². The van der Waals surface area contributed by atoms with Gasteiger partial charge in [0, 0.05) is 17.8 Å². The van der Waals surface area contributed by atoms with Crippen molar-refractivity contribution in [3.05, 3.63) is 47.8 Å². The Labute approximate surface area is 120 Å². The molecule has 0 spiro atoms. The largest absolute Gasteiger partial charge is 0.292 e. The number of carbonyl (C=O) groups is 1. The lowest BCUT2D eigenvalue weighted by molar-refractivity contribution is -0.119. The second kappa shape index (κ2) is 6.37. The highest BCUT2D eigenvalue weighted by molar-refractivity contribution is 5.92. The Morgan fingerprint density at radius 3 is 2.50 bits per heavy atom. The Hall–Kier alpha value is -2.10. The number of benzene rings is 1. The number of nitrogens with zero attached hydrogens (tertiary/aromatic N) is 3. The average molecular weight is 271 g/mol. The summed E-state index contributed by atoms with van der Waals surface area (Å²) in [7, 11) is 0. The van der Waals surface area contributed by atoms with E-state index in [1.165, 1.54) is 0 Å². The zero-order chi connectivity index (χ0) is 14.5. The van der Waals surface area contributed by atoms with Crippen LogP contribution in [0.25, 0.3) is 0 Å². The van der Waals surface area contributed by atoms with E-state index in [-0.39, 0.29) is 5.91 Å². The maximum atomic E-state index is 12.4. The van der Waals surface area contributed by atoms with Gasteiger partial charge in [-0.25, -0.2) is 4.68 Å². The van der Waals surface area contributed by atoms with Gasteiger partial charge in [0.1, 0.15) is 6.67 Å². The number of amides is 1. The van der Waals surface area contributed by atoms with Crippen molar-refractivity contribution >= 4 is 11.6 Å². The second-order valence-corrected chi connectivity index (χ2v) is 4.98. The molecule has 1 amide bonds. The zero-order valence-electron chi connectivity index (χ0n) is 12.3. The smallest absolute Gasteiger partial charge is 0.228 e. The summed E-state index contributed by atoms with van der Waals surface area (Å²) >= 11 is 0. The van der Waals surface area contributed by atoms with E-state index >= 15 is 0 Å². The topological polar surface area (TPSA) is 38.1 Å². The average Bonchev–Trinajstić information content (AvgIpc) is 2.75. The van der Waals surface area contributed by atoms with Gasteiger partial charge in [-0.3, -0.25) is 9.69 Å². The van der Waals surface area contributed by atoms with Gasteiger partial charge < -0.3 is 0 Å². The highest BCUT2D eigenvalue weighted by Crippen LogP contribution is 2.17. The molecule has 1 aromatic heterocycles. The molecule has 0 radical (unpaired) electrons. The first-order valence-electron chi connectivity index (χ1n) is 6.98. The quantitative estimate of drug-likeness (QED) is 0.837. The van der Waals surface area contributed by atoms with Crippen LogP contribution in [0.3, 0.4) is 0 Å². The Kier molecular flexibility index (Phi) is 4.56. The Morgan fingerprint density at radius 1 is 1.25 bits per heavy atom. The maximum absolute atomic E-state index is 12.4. The van der Waals surface area contributed by atoms with Gasteiger partial charge in [-0.2, -0.15) is 5.10 Å². The van der Waals surface area contributed by atoms with Gasteiger partial charge >= 0.3 is 0 Å². The van der Waals surface area contributed by atoms with Crippen LogP contribution in [0.5, 0.6) is 0 Å². The van der Waals surface area contributed by atoms with Crippen molar-refractivity contribution in [2.24, 2.45) is 0 Å². The monoisotopic (exact) mass is 271 g/mol. The van der Waals surface area contributed by atoms with E-state index in [1.54, 1.807) is 4.90 Å². The molecule has 0 bridgehead atoms. The Bertz CT molecular complexity index is 575. The minimum Gasteiger partial charge on any atom is -0.292 e. The number of hydrogen-bond acceptors (Lipinski definition) is 2. The second-order valence-electron chi connectivity index (χ2n) is 4.98. The maximum Gasteiger partial charge on any atom is 0.228 e. The van der Waals surface area contributed by atoms with Crippen LogP contribution in [0.4, 0.5) is 5.69 Å². The summed E-state index contributed by atoms with van der Waals surface area (Å²) in [5, 5.41) is 4.44. The first kappa shape index (κ1) is 14.3. The molecule has 4 nitrogen and oxygen atoms in total. The molecule has 0 unspecified atom stereocenters. The van der Waals surface area contributed by atoms with Gasteiger partial charge in [0.25, 0.3) is 0 Å². The van der Waals surface area contributed by atoms with Crippen LogP contribution in [0, 0.1) is 13.8 Å². The van der Waals surface area contributed by atoms with Crippen molar-refractivity contribution in [3.63, 3.8) is 0 Å². The van der Waals surface area contributed by atoms with Crippen LogP contribution >= 0.6 is 0 Å². The summed E-state index contributed by atoms with van der Waals surface area (Å²) in [5.41, 5.74) is 2.95. The van der Waals surface area contributed by atoms with E-state index in [0.717, 1.165) is 23.5 Å². The lowest BCUT2D eigenvalue weighted by Gasteiger charge is -2.23. The molecule has 0 N–H and O–H groups in total. The molecule has 0 saturated heterocycles. The van der Waals surface area contributed by atoms with Crippen LogP contribution in [0.2, 0.25) is 0 Å². The third-order valence-corrected chi connectivity index (χ3v) is 3.21. The summed E-state index contributed by atoms with van der Waals surface area (Å²) in [5.74, 6) is 0.131. The molecule has 0 aliphatic rings. The molecule has 0 fully saturated rings. The van der Waals surface area contributed by atoms with Gasteiger partial charge in [0.2, 0.25) is 5.91 Å². The molecule has 2 aromatic rings. The highest BCUT2D eigenvalue weighted by Gasteiger charge is 2.16. The lowest BCUT2D eigenvalue weighted by atomic mass is 10.2. The van der Waals surface area contributed by atoms with E-state index in [4.69, 9.17) is 0 Å². The highest BCUT2D eigenvalue weighted by atomic mass is 16.2. The Morgan fingerprint density at radius 2 is 1.95 bits per heavy atom. The molecule has 0 atom stereocenters. The Balaban J connectivity index is 2.27. The minimum atomic E-state index is 0.131. The standard InChI is InChI=1S/C16H21N3O/c1-4-8-16(20)18(15-9-6-5-7-10-15)12-19-14(3)11-13(2)17-19/h5-7,9-11H,4,8,12H2,1-3H3. The molecule has 1 heterocycles. The summed E-state index contributed by atoms with van der Waals surface area (Å²) in [4.78, 5) is 14.1. The third-order valence-electron chi connectivity index (χ3n) is 3.21. The number of rotatable bonds is 5. The van der Waals surface area contributed by atoms with Gasteiger partial charge in [-0.05, 0) is 38.5 Å². The predicted molar refractivity (Wildman–Crippen MR) is 80.5 cm³/mol. The predicted octanol–water partition coefficient (Wildman–Crippen LogP) is 3.29. The summed E-state index contributed by atoms with van der Waals surface area (Å²) < 4.78 is 1.87. The van der Waals surface area contributed by atoms with Crippen molar-refractivity contribution in [1.29, 1.82) is 0 Å². The van der Waals surface area contributed by atoms with Gasteiger partial charge in [0.15, 0.2) is 0 Å². The molecule has 20 heavy (non-hydrogen) atoms. The fraction of sp³-hybridized carbons (Fsp3) is 0.375. The number of anilines is 1. The van der Waals surface area contributed by atoms with E-state index in [2.05, 4.69) is 5.10 Å². The van der Waals surface area contributed by atoms with Crippen molar-refractivity contribution in [3.8, 4) is 0 Å². The molecule has 2 rings (SSSR count). The fourth-order valence-corrected chi connectivity index (χ4v) is 2.21. The van der Waals surface area contributed by atoms with Crippen LogP contribution < -0.4 is 4.90 Å². The van der Waals surface area contributed by atoms with Crippen LogP contribution in [0.1, 0.15) is 31.2 Å². The van der Waals surface area contributed by atoms with Gasteiger partial charge in [-0.1, -0.05) is 25.1 Å². The normalized spacial score (nSPS) is 10.6. The molecule has 0 saturated carbocycles. The van der Waals surface area contributed by atoms with Crippen LogP contribution in [-0.4, -0.2) is 15.7 Å². The molecule has 4 heteroatoms. The van der Waals surface area contributed by atoms with Gasteiger partial charge in [-0.15, -0.1) is 0 Å². The summed E-state index contributed by atoms with van der Waals surface area (Å²) in [6.07, 6.45) is 1.40. The van der Waals surface area contributed by atoms with E-state index in [1.807, 2.05) is 61.9 Å². The van der Waals surface area contributed by atoms with Crippen molar-refractivity contribution < 1.29 is 4.79 Å². The SMILES string of the molecule is CCCC(=O)N(Cn1nc(C)cc1C)c1ccccc1. The number of hydrogen-bond donors (Lipinski definition) is 0. The molecule has 1 aromatic carbocycles. The fourth-order valence-electron chi connectivity index (χ4n) is 2.21. The van der Waals surface area contributed by atoms with Crippen molar-refractivity contribution in [2.75, 3.05) is 4.90 Å². The number of aromatic nitrogens is 2. The molecule has 0 aliphatic heterocycles. The first-order valence-corrected chi connectivity index (χ1v) is 6.98. The first-order chi connectivity index (χ1) is 9.61. The molecule has 106 valence electrons. The lowest BCUT2D eigenvalue weighted by Crippen LogP contribution is -2.33. The number of carbonyl (C=O) groups excluding carboxylic acids is 1. The third kappa shape index (κ3) is 3.26. The van der Waals surface area contributed by atoms with Crippen LogP contribution in [0.15, 0.2) is 36.4 Å². The number of para-hydroxylation sites is 1. The summed E-state index contributed by atoms with van der Waals surface area (Å²) in [6.45, 7) is 6.45. The van der Waals surface area contributed by atoms with E-state index in [0.29, 0.717) is 13.1 Å². The number of aryl methyl sites for hydroxylation is 2. The van der Waals surface area contributed by atoms with Crippen LogP contribution in [-0.2, 0) is 11.5 Å². The van der Waals surface area contributed by atoms with Crippen molar-refractivity contribution in [1.82, 2.24) is 9.78 Å². The zero-order valence-corrected chi connectivity index (χ0v) is 12.3.